The molecule has 5 rings (SSSR count). The van der Waals surface area contributed by atoms with Gasteiger partial charge in [-0.2, -0.15) is 0 Å². The molecule has 3 N–H and O–H groups in total. The first kappa shape index (κ1) is 23.4. The number of pyridine rings is 2. The molecule has 2 aromatic heterocycles. The third-order valence-electron chi connectivity index (χ3n) is 7.72. The van der Waals surface area contributed by atoms with Gasteiger partial charge in [0.05, 0.1) is 16.7 Å². The second-order valence-electron chi connectivity index (χ2n) is 9.97. The monoisotopic (exact) mass is 477 g/mol. The lowest BCUT2D eigenvalue weighted by Crippen LogP contribution is -2.49. The molecule has 1 spiro atoms. The van der Waals surface area contributed by atoms with Crippen LogP contribution in [0.25, 0.3) is 0 Å². The molecule has 1 saturated carbocycles. The zero-order valence-corrected chi connectivity index (χ0v) is 19.9. The molecule has 0 aromatic carbocycles. The second kappa shape index (κ2) is 9.73. The van der Waals surface area contributed by atoms with Crippen molar-refractivity contribution in [1.82, 2.24) is 15.3 Å². The van der Waals surface area contributed by atoms with Crippen LogP contribution >= 0.6 is 0 Å². The molecule has 184 valence electrons. The van der Waals surface area contributed by atoms with Gasteiger partial charge in [0.2, 0.25) is 11.8 Å². The highest BCUT2D eigenvalue weighted by atomic mass is 16.5. The Labute approximate surface area is 204 Å². The van der Waals surface area contributed by atoms with E-state index in [0.29, 0.717) is 49.0 Å². The summed E-state index contributed by atoms with van der Waals surface area (Å²) in [5.74, 6) is 0.323. The SMILES string of the molecule is CC1CCC(C(NC(=O)c2cccnc2)C(=O)Nc2cc3c(cn2)C2(CCOCC2)C(=O)N3)CC1. The molecule has 9 nitrogen and oxygen atoms in total. The standard InChI is InChI=1S/C26H31N5O4/c1-16-4-6-17(7-5-16)22(31-23(32)18-3-2-10-27-14-18)24(33)30-21-13-20-19(15-28-21)26(25(34)29-20)8-11-35-12-9-26/h2-3,10,13-17,22H,4-9,11-12H2,1H3,(H,29,34)(H,31,32)(H,28,30,33). The summed E-state index contributed by atoms with van der Waals surface area (Å²) in [6.07, 6.45) is 9.77. The minimum absolute atomic E-state index is 0.0338. The number of amides is 3. The molecule has 9 heteroatoms. The fraction of sp³-hybridized carbons (Fsp3) is 0.500. The van der Waals surface area contributed by atoms with Crippen molar-refractivity contribution in [3.63, 3.8) is 0 Å². The summed E-state index contributed by atoms with van der Waals surface area (Å²) in [7, 11) is 0. The predicted molar refractivity (Wildman–Crippen MR) is 130 cm³/mol. The van der Waals surface area contributed by atoms with Crippen LogP contribution in [0.5, 0.6) is 0 Å². The van der Waals surface area contributed by atoms with E-state index in [9.17, 15) is 14.4 Å². The number of hydrogen-bond acceptors (Lipinski definition) is 6. The lowest BCUT2D eigenvalue weighted by atomic mass is 9.76. The molecular weight excluding hydrogens is 446 g/mol. The van der Waals surface area contributed by atoms with Gasteiger partial charge in [0.15, 0.2) is 0 Å². The molecule has 2 fully saturated rings. The number of carbonyl (C=O) groups excluding carboxylic acids is 3. The average molecular weight is 478 g/mol. The molecule has 1 atom stereocenters. The van der Waals surface area contributed by atoms with Crippen LogP contribution in [-0.2, 0) is 19.7 Å². The van der Waals surface area contributed by atoms with E-state index in [2.05, 4.69) is 32.8 Å². The normalized spacial score (nSPS) is 23.7. The largest absolute Gasteiger partial charge is 0.381 e. The topological polar surface area (TPSA) is 122 Å². The zero-order chi connectivity index (χ0) is 24.4. The molecule has 3 amide bonds. The number of nitrogens with zero attached hydrogens (tertiary/aromatic N) is 2. The minimum Gasteiger partial charge on any atom is -0.381 e. The number of fused-ring (bicyclic) bond motifs is 2. The first-order valence-corrected chi connectivity index (χ1v) is 12.4. The number of hydrogen-bond donors (Lipinski definition) is 3. The molecule has 0 bridgehead atoms. The Morgan fingerprint density at radius 3 is 2.66 bits per heavy atom. The van der Waals surface area contributed by atoms with Crippen molar-refractivity contribution in [1.29, 1.82) is 0 Å². The van der Waals surface area contributed by atoms with Gasteiger partial charge in [-0.25, -0.2) is 4.98 Å². The van der Waals surface area contributed by atoms with E-state index in [1.807, 2.05) is 0 Å². The van der Waals surface area contributed by atoms with Crippen LogP contribution in [0.2, 0.25) is 0 Å². The van der Waals surface area contributed by atoms with Crippen molar-refractivity contribution in [2.75, 3.05) is 23.8 Å². The maximum atomic E-state index is 13.4. The summed E-state index contributed by atoms with van der Waals surface area (Å²) in [4.78, 5) is 47.6. The molecular formula is C26H31N5O4. The van der Waals surface area contributed by atoms with Crippen molar-refractivity contribution in [3.8, 4) is 0 Å². The van der Waals surface area contributed by atoms with Gasteiger partial charge in [0.1, 0.15) is 11.9 Å². The fourth-order valence-corrected chi connectivity index (χ4v) is 5.53. The third-order valence-corrected chi connectivity index (χ3v) is 7.72. The molecule has 2 aliphatic heterocycles. The molecule has 2 aromatic rings. The molecule has 1 unspecified atom stereocenters. The van der Waals surface area contributed by atoms with Crippen LogP contribution in [-0.4, -0.2) is 46.9 Å². The van der Waals surface area contributed by atoms with Gasteiger partial charge in [0.25, 0.3) is 5.91 Å². The van der Waals surface area contributed by atoms with Crippen molar-refractivity contribution >= 4 is 29.2 Å². The van der Waals surface area contributed by atoms with E-state index in [-0.39, 0.29) is 23.6 Å². The number of carbonyl (C=O) groups is 3. The van der Waals surface area contributed by atoms with E-state index in [0.717, 1.165) is 31.2 Å². The Bertz CT molecular complexity index is 1110. The summed E-state index contributed by atoms with van der Waals surface area (Å²) in [6.45, 7) is 3.28. The van der Waals surface area contributed by atoms with Crippen LogP contribution in [0.15, 0.2) is 36.8 Å². The summed E-state index contributed by atoms with van der Waals surface area (Å²) < 4.78 is 5.45. The van der Waals surface area contributed by atoms with Gasteiger partial charge in [0, 0.05) is 43.4 Å². The maximum Gasteiger partial charge on any atom is 0.253 e. The molecule has 35 heavy (non-hydrogen) atoms. The summed E-state index contributed by atoms with van der Waals surface area (Å²) >= 11 is 0. The van der Waals surface area contributed by atoms with Gasteiger partial charge in [-0.1, -0.05) is 19.8 Å². The summed E-state index contributed by atoms with van der Waals surface area (Å²) in [6, 6.07) is 4.39. The lowest BCUT2D eigenvalue weighted by Gasteiger charge is -2.32. The van der Waals surface area contributed by atoms with Crippen molar-refractivity contribution in [3.05, 3.63) is 47.9 Å². The fourth-order valence-electron chi connectivity index (χ4n) is 5.53. The van der Waals surface area contributed by atoms with E-state index in [1.165, 1.54) is 6.20 Å². The summed E-state index contributed by atoms with van der Waals surface area (Å²) in [5.41, 5.74) is 1.33. The number of aromatic nitrogens is 2. The molecule has 4 heterocycles. The van der Waals surface area contributed by atoms with Crippen LogP contribution in [0.3, 0.4) is 0 Å². The maximum absolute atomic E-state index is 13.4. The van der Waals surface area contributed by atoms with Gasteiger partial charge < -0.3 is 20.7 Å². The van der Waals surface area contributed by atoms with Crippen LogP contribution in [0.4, 0.5) is 11.5 Å². The molecule has 1 saturated heterocycles. The van der Waals surface area contributed by atoms with Crippen molar-refractivity contribution in [2.24, 2.45) is 11.8 Å². The van der Waals surface area contributed by atoms with Gasteiger partial charge >= 0.3 is 0 Å². The number of anilines is 2. The first-order valence-electron chi connectivity index (χ1n) is 12.4. The van der Waals surface area contributed by atoms with Gasteiger partial charge in [-0.15, -0.1) is 0 Å². The third kappa shape index (κ3) is 4.65. The molecule has 1 aliphatic carbocycles. The predicted octanol–water partition coefficient (Wildman–Crippen LogP) is 3.04. The van der Waals surface area contributed by atoms with Crippen molar-refractivity contribution in [2.45, 2.75) is 56.9 Å². The Morgan fingerprint density at radius 2 is 1.94 bits per heavy atom. The average Bonchev–Trinajstić information content (AvgIpc) is 3.13. The number of nitrogens with one attached hydrogen (secondary N) is 3. The number of ether oxygens (including phenoxy) is 1. The van der Waals surface area contributed by atoms with E-state index >= 15 is 0 Å². The van der Waals surface area contributed by atoms with Gasteiger partial charge in [-0.05, 0) is 49.7 Å². The van der Waals surface area contributed by atoms with Crippen molar-refractivity contribution < 1.29 is 19.1 Å². The zero-order valence-electron chi connectivity index (χ0n) is 19.9. The number of rotatable bonds is 5. The first-order chi connectivity index (χ1) is 17.0. The Hall–Kier alpha value is -3.33. The van der Waals surface area contributed by atoms with E-state index in [1.54, 1.807) is 30.6 Å². The van der Waals surface area contributed by atoms with Crippen LogP contribution < -0.4 is 16.0 Å². The second-order valence-corrected chi connectivity index (χ2v) is 9.97. The van der Waals surface area contributed by atoms with Gasteiger partial charge in [-0.3, -0.25) is 19.4 Å². The van der Waals surface area contributed by atoms with Crippen LogP contribution in [0.1, 0.15) is 61.4 Å². The van der Waals surface area contributed by atoms with E-state index in [4.69, 9.17) is 4.74 Å². The lowest BCUT2D eigenvalue weighted by molar-refractivity contribution is -0.124. The highest BCUT2D eigenvalue weighted by Crippen LogP contribution is 2.44. The highest BCUT2D eigenvalue weighted by Gasteiger charge is 2.48. The minimum atomic E-state index is -0.693. The Kier molecular flexibility index (Phi) is 6.51. The highest BCUT2D eigenvalue weighted by molar-refractivity contribution is 6.07. The van der Waals surface area contributed by atoms with Crippen LogP contribution in [0, 0.1) is 11.8 Å². The molecule has 0 radical (unpaired) electrons. The summed E-state index contributed by atoms with van der Waals surface area (Å²) in [5, 5.41) is 8.79. The quantitative estimate of drug-likeness (QED) is 0.608. The molecule has 3 aliphatic rings. The Balaban J connectivity index is 1.35. The smallest absolute Gasteiger partial charge is 0.253 e. The van der Waals surface area contributed by atoms with E-state index < -0.39 is 11.5 Å². The Morgan fingerprint density at radius 1 is 1.17 bits per heavy atom.